The van der Waals surface area contributed by atoms with Crippen LogP contribution in [-0.4, -0.2) is 49.8 Å². The lowest BCUT2D eigenvalue weighted by molar-refractivity contribution is 0.0154. The van der Waals surface area contributed by atoms with Crippen molar-refractivity contribution in [2.75, 3.05) is 32.8 Å². The summed E-state index contributed by atoms with van der Waals surface area (Å²) in [5.74, 6) is 1.55. The Kier molecular flexibility index (Phi) is 5.46. The third-order valence-electron chi connectivity index (χ3n) is 4.51. The summed E-state index contributed by atoms with van der Waals surface area (Å²) in [7, 11) is 0. The van der Waals surface area contributed by atoms with Gasteiger partial charge in [-0.1, -0.05) is 13.8 Å². The van der Waals surface area contributed by atoms with Gasteiger partial charge in [0.1, 0.15) is 0 Å². The van der Waals surface area contributed by atoms with Gasteiger partial charge in [0.05, 0.1) is 6.61 Å². The zero-order valence-electron chi connectivity index (χ0n) is 12.3. The third-order valence-corrected chi connectivity index (χ3v) is 4.51. The minimum atomic E-state index is 0.668. The van der Waals surface area contributed by atoms with Crippen molar-refractivity contribution in [3.8, 4) is 0 Å². The molecule has 0 aromatic carbocycles. The Bertz CT molecular complexity index is 247. The molecule has 0 bridgehead atoms. The Hall–Kier alpha value is -0.120. The van der Waals surface area contributed by atoms with Crippen molar-refractivity contribution in [3.05, 3.63) is 0 Å². The molecule has 4 atom stereocenters. The largest absolute Gasteiger partial charge is 0.381 e. The summed E-state index contributed by atoms with van der Waals surface area (Å²) in [5.41, 5.74) is 0. The van der Waals surface area contributed by atoms with Crippen molar-refractivity contribution in [2.45, 2.75) is 52.1 Å². The highest BCUT2D eigenvalue weighted by molar-refractivity contribution is 4.87. The molecule has 0 aliphatic carbocycles. The van der Waals surface area contributed by atoms with Crippen LogP contribution in [0.1, 0.15) is 40.0 Å². The Morgan fingerprint density at radius 2 is 2.17 bits per heavy atom. The van der Waals surface area contributed by atoms with E-state index in [-0.39, 0.29) is 0 Å². The molecule has 0 saturated carbocycles. The van der Waals surface area contributed by atoms with Gasteiger partial charge in [0.2, 0.25) is 0 Å². The average Bonchev–Trinajstić information content (AvgIpc) is 2.67. The lowest BCUT2D eigenvalue weighted by atomic mass is 9.94. The van der Waals surface area contributed by atoms with Gasteiger partial charge in [-0.15, -0.1) is 0 Å². The van der Waals surface area contributed by atoms with Crippen LogP contribution in [0.3, 0.4) is 0 Å². The van der Waals surface area contributed by atoms with E-state index in [1.165, 1.54) is 32.4 Å². The van der Waals surface area contributed by atoms with Crippen molar-refractivity contribution >= 4 is 0 Å². The van der Waals surface area contributed by atoms with Gasteiger partial charge < -0.3 is 10.1 Å². The van der Waals surface area contributed by atoms with E-state index in [4.69, 9.17) is 4.74 Å². The van der Waals surface area contributed by atoms with Gasteiger partial charge in [-0.3, -0.25) is 4.90 Å². The van der Waals surface area contributed by atoms with E-state index in [9.17, 15) is 0 Å². The Morgan fingerprint density at radius 1 is 1.33 bits per heavy atom. The van der Waals surface area contributed by atoms with Crippen LogP contribution < -0.4 is 5.32 Å². The normalized spacial score (nSPS) is 38.2. The SMILES string of the molecule is CCCNC1CCOCC1CN1CC(C)CC1C. The number of nitrogens with one attached hydrogen (secondary N) is 1. The molecule has 0 aromatic rings. The van der Waals surface area contributed by atoms with E-state index < -0.39 is 0 Å². The molecule has 2 aliphatic heterocycles. The molecule has 2 heterocycles. The number of hydrogen-bond acceptors (Lipinski definition) is 3. The minimum absolute atomic E-state index is 0.668. The third kappa shape index (κ3) is 3.69. The van der Waals surface area contributed by atoms with Crippen LogP contribution in [0.2, 0.25) is 0 Å². The second-order valence-electron chi connectivity index (χ2n) is 6.33. The topological polar surface area (TPSA) is 24.5 Å². The second-order valence-corrected chi connectivity index (χ2v) is 6.33. The highest BCUT2D eigenvalue weighted by Gasteiger charge is 2.32. The fraction of sp³-hybridized carbons (Fsp3) is 1.00. The maximum absolute atomic E-state index is 5.70. The van der Waals surface area contributed by atoms with Crippen LogP contribution in [0.4, 0.5) is 0 Å². The van der Waals surface area contributed by atoms with Crippen LogP contribution in [-0.2, 0) is 4.74 Å². The Labute approximate surface area is 112 Å². The van der Waals surface area contributed by atoms with E-state index in [0.717, 1.165) is 31.7 Å². The molecule has 0 spiro atoms. The van der Waals surface area contributed by atoms with Gasteiger partial charge in [0.25, 0.3) is 0 Å². The van der Waals surface area contributed by atoms with Crippen LogP contribution in [0.5, 0.6) is 0 Å². The first kappa shape index (κ1) is 14.3. The van der Waals surface area contributed by atoms with Crippen molar-refractivity contribution < 1.29 is 4.74 Å². The van der Waals surface area contributed by atoms with Gasteiger partial charge in [-0.25, -0.2) is 0 Å². The van der Waals surface area contributed by atoms with Gasteiger partial charge in [0, 0.05) is 37.7 Å². The number of likely N-dealkylation sites (tertiary alicyclic amines) is 1. The van der Waals surface area contributed by atoms with Crippen LogP contribution in [0, 0.1) is 11.8 Å². The van der Waals surface area contributed by atoms with E-state index in [2.05, 4.69) is 31.0 Å². The molecule has 4 unspecified atom stereocenters. The number of ether oxygens (including phenoxy) is 1. The van der Waals surface area contributed by atoms with Crippen LogP contribution in [0.25, 0.3) is 0 Å². The minimum Gasteiger partial charge on any atom is -0.381 e. The number of nitrogens with zero attached hydrogens (tertiary/aromatic N) is 1. The van der Waals surface area contributed by atoms with Crippen molar-refractivity contribution in [1.82, 2.24) is 10.2 Å². The quantitative estimate of drug-likeness (QED) is 0.813. The maximum atomic E-state index is 5.70. The second kappa shape index (κ2) is 6.88. The molecule has 0 radical (unpaired) electrons. The summed E-state index contributed by atoms with van der Waals surface area (Å²) in [6.07, 6.45) is 3.77. The van der Waals surface area contributed by atoms with E-state index in [1.807, 2.05) is 0 Å². The molecule has 18 heavy (non-hydrogen) atoms. The fourth-order valence-corrected chi connectivity index (χ4v) is 3.52. The zero-order chi connectivity index (χ0) is 13.0. The molecule has 2 fully saturated rings. The molecule has 106 valence electrons. The summed E-state index contributed by atoms with van der Waals surface area (Å²) in [4.78, 5) is 2.67. The smallest absolute Gasteiger partial charge is 0.0521 e. The fourth-order valence-electron chi connectivity index (χ4n) is 3.52. The van der Waals surface area contributed by atoms with Gasteiger partial charge in [-0.2, -0.15) is 0 Å². The summed E-state index contributed by atoms with van der Waals surface area (Å²) >= 11 is 0. The van der Waals surface area contributed by atoms with E-state index >= 15 is 0 Å². The van der Waals surface area contributed by atoms with E-state index in [0.29, 0.717) is 12.0 Å². The predicted octanol–water partition coefficient (Wildman–Crippen LogP) is 2.12. The number of rotatable bonds is 5. The van der Waals surface area contributed by atoms with Crippen molar-refractivity contribution in [1.29, 1.82) is 0 Å². The molecule has 3 heteroatoms. The summed E-state index contributed by atoms with van der Waals surface area (Å²) < 4.78 is 5.70. The molecule has 1 N–H and O–H groups in total. The molecule has 0 aromatic heterocycles. The van der Waals surface area contributed by atoms with Crippen molar-refractivity contribution in [2.24, 2.45) is 11.8 Å². The maximum Gasteiger partial charge on any atom is 0.0521 e. The van der Waals surface area contributed by atoms with Crippen LogP contribution in [0.15, 0.2) is 0 Å². The lowest BCUT2D eigenvalue weighted by Crippen LogP contribution is -2.48. The van der Waals surface area contributed by atoms with Crippen molar-refractivity contribution in [3.63, 3.8) is 0 Å². The van der Waals surface area contributed by atoms with E-state index in [1.54, 1.807) is 0 Å². The lowest BCUT2D eigenvalue weighted by Gasteiger charge is -2.36. The number of hydrogen-bond donors (Lipinski definition) is 1. The first-order chi connectivity index (χ1) is 8.70. The Balaban J connectivity index is 1.84. The predicted molar refractivity (Wildman–Crippen MR) is 75.8 cm³/mol. The van der Waals surface area contributed by atoms with Gasteiger partial charge in [-0.05, 0) is 38.6 Å². The molecular weight excluding hydrogens is 224 g/mol. The monoisotopic (exact) mass is 254 g/mol. The molecule has 2 rings (SSSR count). The first-order valence-electron chi connectivity index (χ1n) is 7.75. The molecule has 0 amide bonds. The summed E-state index contributed by atoms with van der Waals surface area (Å²) in [6.45, 7) is 12.5. The summed E-state index contributed by atoms with van der Waals surface area (Å²) in [5, 5.41) is 3.71. The molecule has 2 saturated heterocycles. The highest BCUT2D eigenvalue weighted by Crippen LogP contribution is 2.25. The standard InChI is InChI=1S/C15H30N2O/c1-4-6-16-15-5-7-18-11-14(15)10-17-9-12(2)8-13(17)3/h12-16H,4-11H2,1-3H3. The molecule has 3 nitrogen and oxygen atoms in total. The highest BCUT2D eigenvalue weighted by atomic mass is 16.5. The van der Waals surface area contributed by atoms with Gasteiger partial charge >= 0.3 is 0 Å². The summed E-state index contributed by atoms with van der Waals surface area (Å²) in [6, 6.07) is 1.43. The average molecular weight is 254 g/mol. The zero-order valence-corrected chi connectivity index (χ0v) is 12.3. The molecule has 2 aliphatic rings. The Morgan fingerprint density at radius 3 is 2.83 bits per heavy atom. The first-order valence-corrected chi connectivity index (χ1v) is 7.75. The van der Waals surface area contributed by atoms with Gasteiger partial charge in [0.15, 0.2) is 0 Å². The van der Waals surface area contributed by atoms with Crippen LogP contribution >= 0.6 is 0 Å². The molecular formula is C15H30N2O.